The lowest BCUT2D eigenvalue weighted by molar-refractivity contribution is -0.384. The number of carboxylic acid groups (broad SMARTS) is 1. The van der Waals surface area contributed by atoms with Gasteiger partial charge in [-0.1, -0.05) is 6.07 Å². The number of para-hydroxylation sites is 1. The van der Waals surface area contributed by atoms with E-state index in [1.54, 1.807) is 13.8 Å². The standard InChI is InChI=1S/C12H10BrN3O4/c1-6-10(13)7(2)15(14-6)11-8(12(17)18)4-3-5-9(11)16(19)20/h3-5H,1-2H3,(H,17,18). The Kier molecular flexibility index (Phi) is 3.58. The first-order valence-corrected chi connectivity index (χ1v) is 6.36. The number of hydrogen-bond acceptors (Lipinski definition) is 4. The van der Waals surface area contributed by atoms with Crippen LogP contribution in [0.5, 0.6) is 0 Å². The van der Waals surface area contributed by atoms with E-state index in [9.17, 15) is 20.0 Å². The topological polar surface area (TPSA) is 98.3 Å². The number of aromatic nitrogens is 2. The van der Waals surface area contributed by atoms with Gasteiger partial charge in [0.2, 0.25) is 0 Å². The van der Waals surface area contributed by atoms with Gasteiger partial charge in [-0.3, -0.25) is 10.1 Å². The van der Waals surface area contributed by atoms with Gasteiger partial charge in [0.05, 0.1) is 26.3 Å². The van der Waals surface area contributed by atoms with Crippen LogP contribution in [-0.4, -0.2) is 25.8 Å². The van der Waals surface area contributed by atoms with Crippen LogP contribution in [0.2, 0.25) is 0 Å². The highest BCUT2D eigenvalue weighted by atomic mass is 79.9. The molecule has 0 unspecified atom stereocenters. The third kappa shape index (κ3) is 2.18. The fraction of sp³-hybridized carbons (Fsp3) is 0.167. The summed E-state index contributed by atoms with van der Waals surface area (Å²) in [6, 6.07) is 3.91. The van der Waals surface area contributed by atoms with E-state index in [1.165, 1.54) is 22.9 Å². The molecule has 0 bridgehead atoms. The van der Waals surface area contributed by atoms with E-state index in [2.05, 4.69) is 21.0 Å². The molecule has 8 heteroatoms. The van der Waals surface area contributed by atoms with Gasteiger partial charge in [0.15, 0.2) is 5.69 Å². The maximum Gasteiger partial charge on any atom is 0.338 e. The zero-order chi connectivity index (χ0) is 15.0. The van der Waals surface area contributed by atoms with Gasteiger partial charge in [0.25, 0.3) is 5.69 Å². The van der Waals surface area contributed by atoms with Crippen LogP contribution >= 0.6 is 15.9 Å². The number of nitro groups is 1. The molecule has 2 aromatic rings. The fourth-order valence-corrected chi connectivity index (χ4v) is 2.16. The Morgan fingerprint density at radius 3 is 2.55 bits per heavy atom. The number of carbonyl (C=O) groups is 1. The van der Waals surface area contributed by atoms with E-state index in [1.807, 2.05) is 0 Å². The normalized spacial score (nSPS) is 10.6. The number of halogens is 1. The summed E-state index contributed by atoms with van der Waals surface area (Å²) < 4.78 is 1.97. The third-order valence-corrected chi connectivity index (χ3v) is 4.00. The van der Waals surface area contributed by atoms with E-state index >= 15 is 0 Å². The highest BCUT2D eigenvalue weighted by Gasteiger charge is 2.25. The van der Waals surface area contributed by atoms with Gasteiger partial charge < -0.3 is 5.11 Å². The quantitative estimate of drug-likeness (QED) is 0.684. The summed E-state index contributed by atoms with van der Waals surface area (Å²) in [5.74, 6) is -1.24. The van der Waals surface area contributed by atoms with Gasteiger partial charge in [-0.2, -0.15) is 5.10 Å². The van der Waals surface area contributed by atoms with Gasteiger partial charge in [-0.05, 0) is 35.8 Å². The Labute approximate surface area is 122 Å². The van der Waals surface area contributed by atoms with E-state index in [0.29, 0.717) is 15.9 Å². The molecule has 0 radical (unpaired) electrons. The molecular weight excluding hydrogens is 330 g/mol. The summed E-state index contributed by atoms with van der Waals surface area (Å²) in [5.41, 5.74) is 0.702. The zero-order valence-electron chi connectivity index (χ0n) is 10.6. The van der Waals surface area contributed by atoms with Crippen molar-refractivity contribution in [2.45, 2.75) is 13.8 Å². The van der Waals surface area contributed by atoms with Gasteiger partial charge in [-0.25, -0.2) is 9.48 Å². The molecule has 0 amide bonds. The number of benzene rings is 1. The lowest BCUT2D eigenvalue weighted by Gasteiger charge is -2.08. The van der Waals surface area contributed by atoms with E-state index in [0.717, 1.165) is 0 Å². The van der Waals surface area contributed by atoms with Crippen molar-refractivity contribution >= 4 is 27.6 Å². The number of nitrogens with zero attached hydrogens (tertiary/aromatic N) is 3. The molecule has 0 aliphatic rings. The van der Waals surface area contributed by atoms with Crippen LogP contribution in [0.1, 0.15) is 21.7 Å². The first-order valence-electron chi connectivity index (χ1n) is 5.57. The SMILES string of the molecule is Cc1nn(-c2c(C(=O)O)cccc2[N+](=O)[O-])c(C)c1Br. The second kappa shape index (κ2) is 5.04. The first kappa shape index (κ1) is 14.2. The summed E-state index contributed by atoms with van der Waals surface area (Å²) >= 11 is 3.32. The summed E-state index contributed by atoms with van der Waals surface area (Å²) in [6.45, 7) is 3.43. The average Bonchev–Trinajstić information content (AvgIpc) is 2.65. The van der Waals surface area contributed by atoms with Crippen molar-refractivity contribution in [1.29, 1.82) is 0 Å². The number of hydrogen-bond donors (Lipinski definition) is 1. The molecule has 7 nitrogen and oxygen atoms in total. The number of aromatic carboxylic acids is 1. The second-order valence-corrected chi connectivity index (χ2v) is 4.93. The van der Waals surface area contributed by atoms with Gasteiger partial charge in [0.1, 0.15) is 0 Å². The van der Waals surface area contributed by atoms with Crippen molar-refractivity contribution in [1.82, 2.24) is 9.78 Å². The predicted molar refractivity (Wildman–Crippen MR) is 74.4 cm³/mol. The van der Waals surface area contributed by atoms with Crippen molar-refractivity contribution in [3.63, 3.8) is 0 Å². The highest BCUT2D eigenvalue weighted by molar-refractivity contribution is 9.10. The molecule has 1 aromatic carbocycles. The average molecular weight is 340 g/mol. The number of aryl methyl sites for hydroxylation is 1. The third-order valence-electron chi connectivity index (χ3n) is 2.86. The molecule has 0 saturated carbocycles. The van der Waals surface area contributed by atoms with Crippen LogP contribution in [0, 0.1) is 24.0 Å². The summed E-state index contributed by atoms with van der Waals surface area (Å²) in [4.78, 5) is 21.8. The van der Waals surface area contributed by atoms with E-state index in [-0.39, 0.29) is 16.9 Å². The molecule has 0 spiro atoms. The van der Waals surface area contributed by atoms with Crippen molar-refractivity contribution < 1.29 is 14.8 Å². The Hall–Kier alpha value is -2.22. The number of nitro benzene ring substituents is 1. The molecule has 104 valence electrons. The van der Waals surface area contributed by atoms with Crippen LogP contribution in [0.3, 0.4) is 0 Å². The molecule has 1 aromatic heterocycles. The van der Waals surface area contributed by atoms with Crippen molar-refractivity contribution in [2.75, 3.05) is 0 Å². The Balaban J connectivity index is 2.86. The Bertz CT molecular complexity index is 691. The van der Waals surface area contributed by atoms with E-state index in [4.69, 9.17) is 0 Å². The number of carboxylic acids is 1. The van der Waals surface area contributed by atoms with Crippen LogP contribution in [-0.2, 0) is 0 Å². The molecule has 1 N–H and O–H groups in total. The highest BCUT2D eigenvalue weighted by Crippen LogP contribution is 2.30. The minimum absolute atomic E-state index is 0.0451. The molecule has 2 rings (SSSR count). The molecular formula is C12H10BrN3O4. The Morgan fingerprint density at radius 1 is 1.45 bits per heavy atom. The molecule has 20 heavy (non-hydrogen) atoms. The van der Waals surface area contributed by atoms with Crippen LogP contribution in [0.4, 0.5) is 5.69 Å². The maximum absolute atomic E-state index is 11.3. The van der Waals surface area contributed by atoms with Crippen LogP contribution < -0.4 is 0 Å². The lowest BCUT2D eigenvalue weighted by atomic mass is 10.1. The molecule has 0 fully saturated rings. The van der Waals surface area contributed by atoms with Gasteiger partial charge in [0, 0.05) is 6.07 Å². The lowest BCUT2D eigenvalue weighted by Crippen LogP contribution is -2.10. The smallest absolute Gasteiger partial charge is 0.338 e. The van der Waals surface area contributed by atoms with E-state index < -0.39 is 10.9 Å². The fourth-order valence-electron chi connectivity index (χ4n) is 1.92. The van der Waals surface area contributed by atoms with Crippen LogP contribution in [0.25, 0.3) is 5.69 Å². The van der Waals surface area contributed by atoms with Crippen molar-refractivity contribution in [3.8, 4) is 5.69 Å². The Morgan fingerprint density at radius 2 is 2.10 bits per heavy atom. The molecule has 0 atom stereocenters. The first-order chi connectivity index (χ1) is 9.34. The van der Waals surface area contributed by atoms with Gasteiger partial charge in [-0.15, -0.1) is 0 Å². The largest absolute Gasteiger partial charge is 0.478 e. The minimum Gasteiger partial charge on any atom is -0.478 e. The molecule has 0 aliphatic heterocycles. The minimum atomic E-state index is -1.24. The molecule has 1 heterocycles. The molecule has 0 saturated heterocycles. The van der Waals surface area contributed by atoms with Crippen molar-refractivity contribution in [3.05, 3.63) is 49.7 Å². The van der Waals surface area contributed by atoms with Gasteiger partial charge >= 0.3 is 5.97 Å². The predicted octanol–water partition coefficient (Wildman–Crippen LogP) is 2.86. The van der Waals surface area contributed by atoms with Crippen LogP contribution in [0.15, 0.2) is 22.7 Å². The maximum atomic E-state index is 11.3. The summed E-state index contributed by atoms with van der Waals surface area (Å²) in [7, 11) is 0. The summed E-state index contributed by atoms with van der Waals surface area (Å²) in [5, 5.41) is 24.5. The number of rotatable bonds is 3. The molecule has 0 aliphatic carbocycles. The monoisotopic (exact) mass is 339 g/mol. The second-order valence-electron chi connectivity index (χ2n) is 4.13. The summed E-state index contributed by atoms with van der Waals surface area (Å²) in [6.07, 6.45) is 0. The zero-order valence-corrected chi connectivity index (χ0v) is 12.2. The van der Waals surface area contributed by atoms with Crippen molar-refractivity contribution in [2.24, 2.45) is 0 Å².